The molecule has 0 radical (unpaired) electrons. The van der Waals surface area contributed by atoms with Gasteiger partial charge in [0.2, 0.25) is 5.91 Å². The van der Waals surface area contributed by atoms with Crippen molar-refractivity contribution in [3.8, 4) is 11.4 Å². The maximum Gasteiger partial charge on any atom is 0.244 e. The summed E-state index contributed by atoms with van der Waals surface area (Å²) in [6, 6.07) is 19.7. The molecule has 0 spiro atoms. The molecule has 0 bridgehead atoms. The Balaban J connectivity index is 1.18. The summed E-state index contributed by atoms with van der Waals surface area (Å²) in [4.78, 5) is 22.4. The number of benzene rings is 3. The average molecular weight is 483 g/mol. The Labute approximate surface area is 208 Å². The molecular formula is C28H27FN6O. The van der Waals surface area contributed by atoms with E-state index in [1.807, 2.05) is 28.8 Å². The fourth-order valence-corrected chi connectivity index (χ4v) is 5.28. The number of amides is 1. The van der Waals surface area contributed by atoms with E-state index in [0.717, 1.165) is 71.3 Å². The van der Waals surface area contributed by atoms with Gasteiger partial charge >= 0.3 is 0 Å². The highest BCUT2D eigenvalue weighted by atomic mass is 19.1. The zero-order valence-electron chi connectivity index (χ0n) is 19.9. The first kappa shape index (κ1) is 21.2. The minimum atomic E-state index is -0.209. The van der Waals surface area contributed by atoms with Gasteiger partial charge in [-0.15, -0.1) is 0 Å². The number of piperazine rings is 1. The minimum Gasteiger partial charge on any atom is -0.382 e. The van der Waals surface area contributed by atoms with Crippen molar-refractivity contribution in [2.24, 2.45) is 0 Å². The number of halogens is 1. The molecule has 1 amide bonds. The van der Waals surface area contributed by atoms with Crippen LogP contribution in [-0.4, -0.2) is 47.7 Å². The minimum absolute atomic E-state index is 0.0433. The molecule has 1 saturated heterocycles. The second kappa shape index (κ2) is 8.26. The summed E-state index contributed by atoms with van der Waals surface area (Å²) < 4.78 is 15.3. The van der Waals surface area contributed by atoms with Crippen molar-refractivity contribution in [3.63, 3.8) is 0 Å². The van der Waals surface area contributed by atoms with Crippen LogP contribution in [0.4, 0.5) is 27.1 Å². The van der Waals surface area contributed by atoms with Crippen LogP contribution in [0.3, 0.4) is 0 Å². The lowest BCUT2D eigenvalue weighted by Gasteiger charge is -2.37. The fourth-order valence-electron chi connectivity index (χ4n) is 5.28. The Hall–Kier alpha value is -4.07. The Morgan fingerprint density at radius 2 is 1.61 bits per heavy atom. The second-order valence-electron chi connectivity index (χ2n) is 9.87. The lowest BCUT2D eigenvalue weighted by atomic mass is 10.1. The average Bonchev–Trinajstić information content (AvgIpc) is 3.66. The maximum absolute atomic E-state index is 13.3. The number of carbonyl (C=O) groups is 1. The van der Waals surface area contributed by atoms with Gasteiger partial charge in [0, 0.05) is 54.8 Å². The molecular weight excluding hydrogens is 455 g/mol. The molecule has 2 aliphatic heterocycles. The van der Waals surface area contributed by atoms with Crippen molar-refractivity contribution in [2.75, 3.05) is 46.6 Å². The monoisotopic (exact) mass is 482 g/mol. The molecule has 182 valence electrons. The number of anilines is 4. The molecule has 7 nitrogen and oxygen atoms in total. The first-order valence-corrected chi connectivity index (χ1v) is 12.6. The third kappa shape index (κ3) is 3.82. The lowest BCUT2D eigenvalue weighted by Crippen LogP contribution is -2.46. The molecule has 7 rings (SSSR count). The molecule has 36 heavy (non-hydrogen) atoms. The van der Waals surface area contributed by atoms with E-state index in [0.29, 0.717) is 6.04 Å². The highest BCUT2D eigenvalue weighted by Gasteiger charge is 2.26. The molecule has 0 atom stereocenters. The van der Waals surface area contributed by atoms with Gasteiger partial charge in [0.25, 0.3) is 0 Å². The number of hydrogen-bond donors (Lipinski definition) is 2. The van der Waals surface area contributed by atoms with Gasteiger partial charge in [-0.25, -0.2) is 9.37 Å². The third-order valence-electron chi connectivity index (χ3n) is 7.35. The van der Waals surface area contributed by atoms with Gasteiger partial charge in [-0.05, 0) is 73.5 Å². The van der Waals surface area contributed by atoms with Crippen molar-refractivity contribution >= 4 is 39.7 Å². The van der Waals surface area contributed by atoms with E-state index in [1.54, 1.807) is 0 Å². The Bertz CT molecular complexity index is 1470. The molecule has 3 aromatic carbocycles. The Kier molecular flexibility index (Phi) is 4.87. The van der Waals surface area contributed by atoms with Gasteiger partial charge in [0.1, 0.15) is 18.2 Å². The van der Waals surface area contributed by atoms with Crippen LogP contribution in [0.1, 0.15) is 12.8 Å². The summed E-state index contributed by atoms with van der Waals surface area (Å²) in [5.74, 6) is 0.564. The van der Waals surface area contributed by atoms with Gasteiger partial charge in [-0.3, -0.25) is 4.79 Å². The lowest BCUT2D eigenvalue weighted by molar-refractivity contribution is -0.116. The number of nitrogens with one attached hydrogen (secondary N) is 2. The van der Waals surface area contributed by atoms with Crippen molar-refractivity contribution in [3.05, 3.63) is 66.5 Å². The van der Waals surface area contributed by atoms with E-state index in [1.165, 1.54) is 25.0 Å². The van der Waals surface area contributed by atoms with E-state index >= 15 is 0 Å². The number of aromatic nitrogens is 2. The molecule has 3 aliphatic rings. The fraction of sp³-hybridized carbons (Fsp3) is 0.286. The summed E-state index contributed by atoms with van der Waals surface area (Å²) in [6.45, 7) is 3.72. The van der Waals surface area contributed by atoms with E-state index in [-0.39, 0.29) is 18.3 Å². The standard InChI is InChI=1S/C28H27FN6O/c29-18-1-6-21(7-2-18)33-11-13-34(14-12-33)22-8-10-26-25(16-22)32-28-23-15-20(30-19-3-4-19)5-9-24(23)31-27(36)17-35(26)28/h1-2,5-10,15-16,19,30H,3-4,11-14,17H2,(H,31,36). The molecule has 2 N–H and O–H groups in total. The van der Waals surface area contributed by atoms with E-state index < -0.39 is 0 Å². The topological polar surface area (TPSA) is 65.4 Å². The van der Waals surface area contributed by atoms with Crippen molar-refractivity contribution in [2.45, 2.75) is 25.4 Å². The van der Waals surface area contributed by atoms with Crippen LogP contribution in [0.25, 0.3) is 22.4 Å². The smallest absolute Gasteiger partial charge is 0.244 e. The predicted molar refractivity (Wildman–Crippen MR) is 141 cm³/mol. The van der Waals surface area contributed by atoms with Gasteiger partial charge in [0.05, 0.1) is 16.7 Å². The molecule has 4 aromatic rings. The van der Waals surface area contributed by atoms with E-state index in [2.05, 4.69) is 44.7 Å². The summed E-state index contributed by atoms with van der Waals surface area (Å²) in [7, 11) is 0. The summed E-state index contributed by atoms with van der Waals surface area (Å²) >= 11 is 0. The van der Waals surface area contributed by atoms with Crippen LogP contribution in [0, 0.1) is 5.82 Å². The molecule has 1 saturated carbocycles. The SMILES string of the molecule is O=C1Cn2c(nc3cc(N4CCN(c5ccc(F)cc5)CC4)ccc32)-c2cc(NC3CC3)ccc2N1. The van der Waals surface area contributed by atoms with Crippen LogP contribution in [0.15, 0.2) is 60.7 Å². The van der Waals surface area contributed by atoms with Gasteiger partial charge < -0.3 is 25.0 Å². The van der Waals surface area contributed by atoms with Crippen molar-refractivity contribution in [1.82, 2.24) is 9.55 Å². The highest BCUT2D eigenvalue weighted by molar-refractivity contribution is 6.00. The van der Waals surface area contributed by atoms with Crippen LogP contribution >= 0.6 is 0 Å². The third-order valence-corrected chi connectivity index (χ3v) is 7.35. The maximum atomic E-state index is 13.3. The summed E-state index contributed by atoms with van der Waals surface area (Å²) in [6.07, 6.45) is 2.40. The molecule has 0 unspecified atom stereocenters. The molecule has 1 aromatic heterocycles. The van der Waals surface area contributed by atoms with Crippen LogP contribution in [0.2, 0.25) is 0 Å². The summed E-state index contributed by atoms with van der Waals surface area (Å²) in [5, 5.41) is 6.59. The normalized spacial score (nSPS) is 17.4. The largest absolute Gasteiger partial charge is 0.382 e. The first-order chi connectivity index (χ1) is 17.6. The zero-order valence-corrected chi connectivity index (χ0v) is 19.9. The van der Waals surface area contributed by atoms with Gasteiger partial charge in [-0.2, -0.15) is 0 Å². The first-order valence-electron chi connectivity index (χ1n) is 12.6. The van der Waals surface area contributed by atoms with Crippen LogP contribution in [-0.2, 0) is 11.3 Å². The zero-order chi connectivity index (χ0) is 24.2. The van der Waals surface area contributed by atoms with Gasteiger partial charge in [0.15, 0.2) is 0 Å². The number of carbonyl (C=O) groups excluding carboxylic acids is 1. The molecule has 2 fully saturated rings. The number of fused-ring (bicyclic) bond motifs is 5. The van der Waals surface area contributed by atoms with Crippen LogP contribution < -0.4 is 20.4 Å². The summed E-state index contributed by atoms with van der Waals surface area (Å²) in [5.41, 5.74) is 6.84. The second-order valence-corrected chi connectivity index (χ2v) is 9.87. The van der Waals surface area contributed by atoms with E-state index in [9.17, 15) is 9.18 Å². The molecule has 8 heteroatoms. The van der Waals surface area contributed by atoms with Crippen LogP contribution in [0.5, 0.6) is 0 Å². The number of imidazole rings is 1. The van der Waals surface area contributed by atoms with Crippen molar-refractivity contribution in [1.29, 1.82) is 0 Å². The van der Waals surface area contributed by atoms with E-state index in [4.69, 9.17) is 4.98 Å². The predicted octanol–water partition coefficient (Wildman–Crippen LogP) is 4.70. The highest BCUT2D eigenvalue weighted by Crippen LogP contribution is 2.37. The quantitative estimate of drug-likeness (QED) is 0.442. The number of hydrogen-bond acceptors (Lipinski definition) is 5. The molecule has 1 aliphatic carbocycles. The Morgan fingerprint density at radius 1 is 0.889 bits per heavy atom. The Morgan fingerprint density at radius 3 is 2.36 bits per heavy atom. The number of nitrogens with zero attached hydrogens (tertiary/aromatic N) is 4. The van der Waals surface area contributed by atoms with Crippen molar-refractivity contribution < 1.29 is 9.18 Å². The van der Waals surface area contributed by atoms with Gasteiger partial charge in [-0.1, -0.05) is 0 Å². The molecule has 3 heterocycles. The number of rotatable bonds is 4.